The van der Waals surface area contributed by atoms with Crippen LogP contribution in [-0.4, -0.2) is 37.8 Å². The van der Waals surface area contributed by atoms with Gasteiger partial charge < -0.3 is 9.47 Å². The first-order valence-corrected chi connectivity index (χ1v) is 10.5. The SMILES string of the molecule is Cn1cnnc1[C@@H]1CCCN(c2ncnc3sc4c(c23)CCCCC4)C1. The molecule has 136 valence electrons. The Labute approximate surface area is 157 Å². The molecule has 3 aromatic rings. The van der Waals surface area contributed by atoms with Crippen LogP contribution in [-0.2, 0) is 19.9 Å². The topological polar surface area (TPSA) is 59.7 Å². The Morgan fingerprint density at radius 3 is 2.92 bits per heavy atom. The summed E-state index contributed by atoms with van der Waals surface area (Å²) in [6.45, 7) is 2.02. The van der Waals surface area contributed by atoms with Crippen LogP contribution in [0.2, 0.25) is 0 Å². The van der Waals surface area contributed by atoms with E-state index in [-0.39, 0.29) is 0 Å². The molecule has 0 unspecified atom stereocenters. The molecule has 0 N–H and O–H groups in total. The van der Waals surface area contributed by atoms with Crippen molar-refractivity contribution in [2.24, 2.45) is 7.05 Å². The van der Waals surface area contributed by atoms with E-state index in [1.54, 1.807) is 17.5 Å². The summed E-state index contributed by atoms with van der Waals surface area (Å²) in [6.07, 6.45) is 12.2. The predicted octanol–water partition coefficient (Wildman–Crippen LogP) is 3.47. The summed E-state index contributed by atoms with van der Waals surface area (Å²) < 4.78 is 2.06. The van der Waals surface area contributed by atoms with Crippen LogP contribution in [0.3, 0.4) is 0 Å². The van der Waals surface area contributed by atoms with Gasteiger partial charge in [-0.05, 0) is 44.1 Å². The summed E-state index contributed by atoms with van der Waals surface area (Å²) in [6, 6.07) is 0. The van der Waals surface area contributed by atoms with Gasteiger partial charge in [-0.25, -0.2) is 9.97 Å². The molecule has 1 aliphatic carbocycles. The van der Waals surface area contributed by atoms with Crippen molar-refractivity contribution in [3.05, 3.63) is 28.9 Å². The molecule has 4 heterocycles. The standard InChI is InChI=1S/C19H24N6S/c1-24-12-22-23-17(24)13-6-5-9-25(10-13)18-16-14-7-3-2-4-8-15(14)26-19(16)21-11-20-18/h11-13H,2-10H2,1H3/t13-/m1/s1. The van der Waals surface area contributed by atoms with Crippen molar-refractivity contribution in [3.63, 3.8) is 0 Å². The number of piperidine rings is 1. The molecule has 0 radical (unpaired) electrons. The number of nitrogens with zero attached hydrogens (tertiary/aromatic N) is 6. The van der Waals surface area contributed by atoms with Crippen LogP contribution in [0.15, 0.2) is 12.7 Å². The molecule has 0 amide bonds. The highest BCUT2D eigenvalue weighted by molar-refractivity contribution is 7.18. The third-order valence-corrected chi connectivity index (χ3v) is 7.01. The lowest BCUT2D eigenvalue weighted by Crippen LogP contribution is -2.36. The summed E-state index contributed by atoms with van der Waals surface area (Å²) in [5, 5.41) is 9.76. The highest BCUT2D eigenvalue weighted by atomic mass is 32.1. The normalized spacial score (nSPS) is 21.0. The number of hydrogen-bond donors (Lipinski definition) is 0. The second-order valence-electron chi connectivity index (χ2n) is 7.53. The Bertz CT molecular complexity index is 929. The fourth-order valence-electron chi connectivity index (χ4n) is 4.53. The lowest BCUT2D eigenvalue weighted by atomic mass is 9.96. The maximum absolute atomic E-state index is 4.76. The van der Waals surface area contributed by atoms with Crippen molar-refractivity contribution in [3.8, 4) is 0 Å². The molecule has 2 aliphatic rings. The maximum Gasteiger partial charge on any atom is 0.141 e. The zero-order valence-electron chi connectivity index (χ0n) is 15.2. The molecule has 3 aromatic heterocycles. The van der Waals surface area contributed by atoms with Crippen LogP contribution in [0.1, 0.15) is 54.3 Å². The smallest absolute Gasteiger partial charge is 0.141 e. The van der Waals surface area contributed by atoms with Gasteiger partial charge in [0.05, 0.1) is 5.39 Å². The van der Waals surface area contributed by atoms with E-state index >= 15 is 0 Å². The Morgan fingerprint density at radius 2 is 2.04 bits per heavy atom. The van der Waals surface area contributed by atoms with Gasteiger partial charge in [0.2, 0.25) is 0 Å². The lowest BCUT2D eigenvalue weighted by molar-refractivity contribution is 0.478. The molecule has 0 spiro atoms. The maximum atomic E-state index is 4.76. The number of aromatic nitrogens is 5. The van der Waals surface area contributed by atoms with E-state index < -0.39 is 0 Å². The number of aryl methyl sites for hydroxylation is 3. The first-order chi connectivity index (χ1) is 12.8. The van der Waals surface area contributed by atoms with Gasteiger partial charge >= 0.3 is 0 Å². The van der Waals surface area contributed by atoms with Gasteiger partial charge in [-0.15, -0.1) is 21.5 Å². The van der Waals surface area contributed by atoms with Crippen LogP contribution >= 0.6 is 11.3 Å². The molecule has 1 aliphatic heterocycles. The summed E-state index contributed by atoms with van der Waals surface area (Å²) in [4.78, 5) is 14.5. The monoisotopic (exact) mass is 368 g/mol. The van der Waals surface area contributed by atoms with E-state index in [2.05, 4.69) is 24.6 Å². The van der Waals surface area contributed by atoms with Crippen LogP contribution in [0.5, 0.6) is 0 Å². The minimum absolute atomic E-state index is 0.415. The molecule has 0 saturated carbocycles. The Hall–Kier alpha value is -2.02. The van der Waals surface area contributed by atoms with Gasteiger partial charge in [0.15, 0.2) is 0 Å². The average molecular weight is 369 g/mol. The molecular weight excluding hydrogens is 344 g/mol. The minimum Gasteiger partial charge on any atom is -0.355 e. The van der Waals surface area contributed by atoms with Gasteiger partial charge in [-0.1, -0.05) is 6.42 Å². The van der Waals surface area contributed by atoms with E-state index in [1.165, 1.54) is 54.3 Å². The predicted molar refractivity (Wildman–Crippen MR) is 104 cm³/mol. The number of fused-ring (bicyclic) bond motifs is 3. The van der Waals surface area contributed by atoms with E-state index in [1.807, 2.05) is 18.4 Å². The third-order valence-electron chi connectivity index (χ3n) is 5.81. The Balaban J connectivity index is 1.54. The molecule has 0 aromatic carbocycles. The summed E-state index contributed by atoms with van der Waals surface area (Å²) in [5.74, 6) is 2.64. The quantitative estimate of drug-likeness (QED) is 0.648. The molecule has 5 rings (SSSR count). The van der Waals surface area contributed by atoms with E-state index in [0.717, 1.165) is 31.2 Å². The highest BCUT2D eigenvalue weighted by Crippen LogP contribution is 2.40. The molecular formula is C19H24N6S. The summed E-state index contributed by atoms with van der Waals surface area (Å²) >= 11 is 1.89. The van der Waals surface area contributed by atoms with Crippen molar-refractivity contribution in [2.45, 2.75) is 50.9 Å². The van der Waals surface area contributed by atoms with Crippen molar-refractivity contribution in [2.75, 3.05) is 18.0 Å². The molecule has 26 heavy (non-hydrogen) atoms. The zero-order chi connectivity index (χ0) is 17.5. The number of hydrogen-bond acceptors (Lipinski definition) is 6. The average Bonchev–Trinajstić information content (AvgIpc) is 3.17. The number of thiophene rings is 1. The molecule has 1 fully saturated rings. The fourth-order valence-corrected chi connectivity index (χ4v) is 5.76. The summed E-state index contributed by atoms with van der Waals surface area (Å²) in [7, 11) is 2.04. The fraction of sp³-hybridized carbons (Fsp3) is 0.579. The minimum atomic E-state index is 0.415. The molecule has 1 saturated heterocycles. The van der Waals surface area contributed by atoms with Crippen molar-refractivity contribution >= 4 is 27.4 Å². The lowest BCUT2D eigenvalue weighted by Gasteiger charge is -2.33. The molecule has 0 bridgehead atoms. The largest absolute Gasteiger partial charge is 0.355 e. The van der Waals surface area contributed by atoms with Crippen LogP contribution in [0.4, 0.5) is 5.82 Å². The Morgan fingerprint density at radius 1 is 1.12 bits per heavy atom. The van der Waals surface area contributed by atoms with E-state index in [9.17, 15) is 0 Å². The van der Waals surface area contributed by atoms with E-state index in [4.69, 9.17) is 4.98 Å². The van der Waals surface area contributed by atoms with Crippen molar-refractivity contribution < 1.29 is 0 Å². The van der Waals surface area contributed by atoms with Gasteiger partial charge in [0.1, 0.15) is 29.1 Å². The van der Waals surface area contributed by atoms with Crippen LogP contribution < -0.4 is 4.90 Å². The third kappa shape index (κ3) is 2.69. The van der Waals surface area contributed by atoms with Gasteiger partial charge in [-0.3, -0.25) is 0 Å². The first-order valence-electron chi connectivity index (χ1n) is 9.65. The highest BCUT2D eigenvalue weighted by Gasteiger charge is 2.28. The van der Waals surface area contributed by atoms with E-state index in [0.29, 0.717) is 5.92 Å². The van der Waals surface area contributed by atoms with Gasteiger partial charge in [-0.2, -0.15) is 0 Å². The number of anilines is 1. The second kappa shape index (κ2) is 6.61. The van der Waals surface area contributed by atoms with Crippen molar-refractivity contribution in [1.82, 2.24) is 24.7 Å². The number of rotatable bonds is 2. The van der Waals surface area contributed by atoms with Crippen molar-refractivity contribution in [1.29, 1.82) is 0 Å². The second-order valence-corrected chi connectivity index (χ2v) is 8.61. The molecule has 1 atom stereocenters. The summed E-state index contributed by atoms with van der Waals surface area (Å²) in [5.41, 5.74) is 1.53. The first kappa shape index (κ1) is 16.2. The van der Waals surface area contributed by atoms with Gasteiger partial charge in [0, 0.05) is 30.9 Å². The zero-order valence-corrected chi connectivity index (χ0v) is 16.0. The molecule has 6 nitrogen and oxygen atoms in total. The Kier molecular flexibility index (Phi) is 4.11. The molecule has 7 heteroatoms. The van der Waals surface area contributed by atoms with Crippen LogP contribution in [0, 0.1) is 0 Å². The van der Waals surface area contributed by atoms with Gasteiger partial charge in [0.25, 0.3) is 0 Å². The van der Waals surface area contributed by atoms with Crippen LogP contribution in [0.25, 0.3) is 10.2 Å².